The van der Waals surface area contributed by atoms with Crippen molar-refractivity contribution in [3.05, 3.63) is 118 Å². The molecule has 0 saturated heterocycles. The van der Waals surface area contributed by atoms with Crippen molar-refractivity contribution in [1.82, 2.24) is 4.40 Å². The first-order valence-corrected chi connectivity index (χ1v) is 12.2. The molecule has 0 fully saturated rings. The van der Waals surface area contributed by atoms with E-state index in [4.69, 9.17) is 16.3 Å². The zero-order chi connectivity index (χ0) is 25.4. The third-order valence-electron chi connectivity index (χ3n) is 6.74. The van der Waals surface area contributed by atoms with Crippen molar-refractivity contribution in [2.24, 2.45) is 0 Å². The molecule has 4 aromatic rings. The van der Waals surface area contributed by atoms with E-state index < -0.39 is 23.0 Å². The van der Waals surface area contributed by atoms with E-state index in [1.807, 2.05) is 35.7 Å². The van der Waals surface area contributed by atoms with Crippen LogP contribution in [-0.2, 0) is 21.4 Å². The number of esters is 1. The predicted octanol–water partition coefficient (Wildman–Crippen LogP) is 6.12. The Bertz CT molecular complexity index is 1530. The number of hydrogen-bond acceptors (Lipinski definition) is 4. The third-order valence-corrected chi connectivity index (χ3v) is 6.99. The summed E-state index contributed by atoms with van der Waals surface area (Å²) < 4.78 is 7.33. The van der Waals surface area contributed by atoms with Gasteiger partial charge in [-0.15, -0.1) is 0 Å². The van der Waals surface area contributed by atoms with Gasteiger partial charge in [-0.2, -0.15) is 0 Å². The van der Waals surface area contributed by atoms with Crippen LogP contribution in [0, 0.1) is 0 Å². The molecular weight excluding hydrogens is 474 g/mol. The average Bonchev–Trinajstić information content (AvgIpc) is 3.23. The Kier molecular flexibility index (Phi) is 6.10. The van der Waals surface area contributed by atoms with E-state index in [-0.39, 0.29) is 17.7 Å². The number of carbonyl (C=O) groups is 3. The van der Waals surface area contributed by atoms with Gasteiger partial charge in [-0.05, 0) is 66.9 Å². The highest BCUT2D eigenvalue weighted by atomic mass is 35.5. The largest absolute Gasteiger partial charge is 0.463 e. The lowest BCUT2D eigenvalue weighted by Gasteiger charge is -2.36. The van der Waals surface area contributed by atoms with Crippen molar-refractivity contribution in [1.29, 1.82) is 0 Å². The molecule has 6 heteroatoms. The van der Waals surface area contributed by atoms with Gasteiger partial charge in [-0.3, -0.25) is 9.59 Å². The van der Waals surface area contributed by atoms with Gasteiger partial charge in [0.25, 0.3) is 0 Å². The van der Waals surface area contributed by atoms with Gasteiger partial charge in [0, 0.05) is 27.9 Å². The third kappa shape index (κ3) is 3.42. The molecule has 2 aromatic heterocycles. The maximum Gasteiger partial charge on any atom is 0.335 e. The highest BCUT2D eigenvalue weighted by molar-refractivity contribution is 6.34. The topological polar surface area (TPSA) is 64.8 Å². The number of aromatic nitrogens is 1. The number of halogens is 1. The summed E-state index contributed by atoms with van der Waals surface area (Å²) >= 11 is 6.09. The fourth-order valence-corrected chi connectivity index (χ4v) is 5.31. The maximum atomic E-state index is 14.8. The smallest absolute Gasteiger partial charge is 0.335 e. The molecule has 2 aromatic carbocycles. The number of aryl methyl sites for hydroxylation is 1. The maximum absolute atomic E-state index is 14.8. The Balaban J connectivity index is 1.91. The lowest BCUT2D eigenvalue weighted by molar-refractivity contribution is -0.139. The second-order valence-electron chi connectivity index (χ2n) is 8.61. The molecule has 5 nitrogen and oxygen atoms in total. The number of nitrogens with zero attached hydrogens (tertiary/aromatic N) is 1. The van der Waals surface area contributed by atoms with Crippen LogP contribution in [0.5, 0.6) is 0 Å². The van der Waals surface area contributed by atoms with Crippen molar-refractivity contribution < 1.29 is 19.1 Å². The van der Waals surface area contributed by atoms with E-state index in [9.17, 15) is 14.4 Å². The molecule has 1 aliphatic rings. The predicted molar refractivity (Wildman–Crippen MR) is 140 cm³/mol. The van der Waals surface area contributed by atoms with Gasteiger partial charge in [-0.1, -0.05) is 54.9 Å². The van der Waals surface area contributed by atoms with Crippen LogP contribution in [0.2, 0.25) is 5.02 Å². The number of fused-ring (bicyclic) bond motifs is 3. The molecule has 0 bridgehead atoms. The van der Waals surface area contributed by atoms with Crippen molar-refractivity contribution in [2.45, 2.75) is 25.7 Å². The Morgan fingerprint density at radius 3 is 2.31 bits per heavy atom. The number of benzene rings is 2. The van der Waals surface area contributed by atoms with Crippen LogP contribution in [0.3, 0.4) is 0 Å². The molecule has 1 unspecified atom stereocenters. The van der Waals surface area contributed by atoms with E-state index in [2.05, 4.69) is 0 Å². The standard InChI is InChI=1S/C30H24ClNO4/c1-3-22-24-12-8-9-17-32(24)25-18-23(29(35)36-4-2)30(28(34)26(22)25,20-10-6-5-7-11-20)27(33)19-13-15-21(31)16-14-19/h5-18H,3-4H2,1-2H3. The summed E-state index contributed by atoms with van der Waals surface area (Å²) in [5.41, 5.74) is 1.49. The summed E-state index contributed by atoms with van der Waals surface area (Å²) in [5, 5.41) is 0.464. The first-order chi connectivity index (χ1) is 17.4. The number of Topliss-reactive ketones (excluding diaryl/α,β-unsaturated/α-hetero) is 2. The molecule has 36 heavy (non-hydrogen) atoms. The van der Waals surface area contributed by atoms with E-state index in [1.54, 1.807) is 67.6 Å². The average molecular weight is 498 g/mol. The van der Waals surface area contributed by atoms with Crippen molar-refractivity contribution >= 4 is 40.7 Å². The van der Waals surface area contributed by atoms with Crippen molar-refractivity contribution in [2.75, 3.05) is 6.61 Å². The lowest BCUT2D eigenvalue weighted by Crippen LogP contribution is -2.50. The Morgan fingerprint density at radius 1 is 0.944 bits per heavy atom. The molecule has 1 aliphatic carbocycles. The molecule has 0 aliphatic heterocycles. The van der Waals surface area contributed by atoms with Crippen LogP contribution in [-0.4, -0.2) is 28.5 Å². The van der Waals surface area contributed by atoms with Crippen LogP contribution in [0.15, 0.2) is 84.6 Å². The molecular formula is C30H24ClNO4. The zero-order valence-electron chi connectivity index (χ0n) is 20.0. The fraction of sp³-hybridized carbons (Fsp3) is 0.167. The summed E-state index contributed by atoms with van der Waals surface area (Å²) in [4.78, 5) is 42.8. The first-order valence-electron chi connectivity index (χ1n) is 11.9. The van der Waals surface area contributed by atoms with Crippen LogP contribution in [0.4, 0.5) is 0 Å². The highest BCUT2D eigenvalue weighted by Gasteiger charge is 2.56. The van der Waals surface area contributed by atoms with E-state index in [0.717, 1.165) is 11.1 Å². The first kappa shape index (κ1) is 23.8. The number of ketones is 2. The summed E-state index contributed by atoms with van der Waals surface area (Å²) in [6, 6.07) is 20.8. The summed E-state index contributed by atoms with van der Waals surface area (Å²) in [6.45, 7) is 3.78. The normalized spacial score (nSPS) is 17.0. The van der Waals surface area contributed by atoms with Gasteiger partial charge in [0.2, 0.25) is 0 Å². The number of pyridine rings is 1. The van der Waals surface area contributed by atoms with Crippen LogP contribution < -0.4 is 0 Å². The van der Waals surface area contributed by atoms with Gasteiger partial charge < -0.3 is 9.14 Å². The second kappa shape index (κ2) is 9.25. The van der Waals surface area contributed by atoms with Crippen molar-refractivity contribution in [3.8, 4) is 0 Å². The van der Waals surface area contributed by atoms with E-state index in [0.29, 0.717) is 28.3 Å². The second-order valence-corrected chi connectivity index (χ2v) is 9.04. The molecule has 180 valence electrons. The Hall–Kier alpha value is -3.96. The van der Waals surface area contributed by atoms with Gasteiger partial charge in [-0.25, -0.2) is 4.79 Å². The SMILES string of the molecule is CCOC(=O)C1=Cc2c(c(CC)c3ccccn23)C(=O)C1(C(=O)c1ccc(Cl)cc1)c1ccccc1. The Labute approximate surface area is 214 Å². The lowest BCUT2D eigenvalue weighted by atomic mass is 9.62. The van der Waals surface area contributed by atoms with Crippen LogP contribution in [0.1, 0.15) is 51.4 Å². The van der Waals surface area contributed by atoms with Crippen molar-refractivity contribution in [3.63, 3.8) is 0 Å². The molecule has 0 spiro atoms. The molecule has 0 radical (unpaired) electrons. The summed E-state index contributed by atoms with van der Waals surface area (Å²) in [6.07, 6.45) is 4.09. The molecule has 0 amide bonds. The quantitative estimate of drug-likeness (QED) is 0.183. The van der Waals surface area contributed by atoms with Gasteiger partial charge in [0.15, 0.2) is 17.0 Å². The molecule has 0 saturated carbocycles. The minimum atomic E-state index is -1.91. The van der Waals surface area contributed by atoms with Crippen LogP contribution in [0.25, 0.3) is 11.6 Å². The number of ether oxygens (including phenoxy) is 1. The number of hydrogen-bond donors (Lipinski definition) is 0. The molecule has 2 heterocycles. The molecule has 1 atom stereocenters. The highest BCUT2D eigenvalue weighted by Crippen LogP contribution is 2.46. The van der Waals surface area contributed by atoms with E-state index >= 15 is 0 Å². The monoisotopic (exact) mass is 497 g/mol. The minimum absolute atomic E-state index is 0.00101. The minimum Gasteiger partial charge on any atom is -0.463 e. The van der Waals surface area contributed by atoms with Gasteiger partial charge in [0.1, 0.15) is 0 Å². The van der Waals surface area contributed by atoms with Crippen LogP contribution >= 0.6 is 11.6 Å². The Morgan fingerprint density at radius 2 is 1.64 bits per heavy atom. The number of carbonyl (C=O) groups excluding carboxylic acids is 3. The summed E-state index contributed by atoms with van der Waals surface area (Å²) in [5.74, 6) is -1.64. The number of rotatable bonds is 6. The summed E-state index contributed by atoms with van der Waals surface area (Å²) in [7, 11) is 0. The fourth-order valence-electron chi connectivity index (χ4n) is 5.18. The molecule has 5 rings (SSSR count). The van der Waals surface area contributed by atoms with Gasteiger partial charge in [0.05, 0.1) is 17.9 Å². The molecule has 0 N–H and O–H groups in total. The van der Waals surface area contributed by atoms with E-state index in [1.165, 1.54) is 0 Å². The zero-order valence-corrected chi connectivity index (χ0v) is 20.7. The van der Waals surface area contributed by atoms with Gasteiger partial charge >= 0.3 is 5.97 Å².